The molecule has 0 aromatic heterocycles. The minimum Gasteiger partial charge on any atom is -0.0917 e. The van der Waals surface area contributed by atoms with E-state index in [-0.39, 0.29) is 0 Å². The van der Waals surface area contributed by atoms with Crippen LogP contribution in [-0.2, 0) is 0 Å². The molecule has 0 nitrogen and oxygen atoms in total. The lowest BCUT2D eigenvalue weighted by Crippen LogP contribution is -2.35. The molecule has 0 aromatic rings. The molecule has 20 atom stereocenters. The largest absolute Gasteiger partial charge is 0.0917 e. The van der Waals surface area contributed by atoms with E-state index in [1.807, 2.05) is 0 Å². The minimum atomic E-state index is 0.737. The highest BCUT2D eigenvalue weighted by molar-refractivity contribution is 5.25. The molecule has 20 unspecified atom stereocenters. The molecular weight excluding hydrogens is 577 g/mol. The molecule has 0 spiro atoms. The first-order valence-corrected chi connectivity index (χ1v) is 20.8. The Morgan fingerprint density at radius 1 is 0.438 bits per heavy atom. The van der Waals surface area contributed by atoms with Crippen LogP contribution < -0.4 is 0 Å². The molecule has 0 heterocycles. The lowest BCUT2D eigenvalue weighted by molar-refractivity contribution is 0.118. The second-order valence-corrected chi connectivity index (χ2v) is 18.3. The molecule has 0 aliphatic heterocycles. The van der Waals surface area contributed by atoms with Crippen LogP contribution in [0.2, 0.25) is 0 Å². The molecular formula is C48H64. The van der Waals surface area contributed by atoms with E-state index in [4.69, 9.17) is 0 Å². The highest BCUT2D eigenvalue weighted by atomic mass is 14.7. The first-order chi connectivity index (χ1) is 23.6. The molecule has 48 heavy (non-hydrogen) atoms. The Labute approximate surface area is 293 Å². The maximum Gasteiger partial charge on any atom is -0.0133 e. The van der Waals surface area contributed by atoms with Crippen molar-refractivity contribution in [2.24, 2.45) is 118 Å². The molecule has 7 saturated carbocycles. The fraction of sp³-hybridized carbons (Fsp3) is 0.667. The number of rotatable bonds is 9. The van der Waals surface area contributed by atoms with Gasteiger partial charge in [0.25, 0.3) is 0 Å². The molecule has 4 bridgehead atoms. The molecule has 0 aromatic carbocycles. The van der Waals surface area contributed by atoms with E-state index in [0.29, 0.717) is 0 Å². The molecule has 0 amide bonds. The first-order valence-electron chi connectivity index (χ1n) is 20.8. The summed E-state index contributed by atoms with van der Waals surface area (Å²) in [4.78, 5) is 0. The Hall–Kier alpha value is -2.08. The van der Waals surface area contributed by atoms with Crippen molar-refractivity contribution in [1.29, 1.82) is 0 Å². The van der Waals surface area contributed by atoms with Crippen LogP contribution in [0.25, 0.3) is 0 Å². The van der Waals surface area contributed by atoms with Crippen LogP contribution in [0.4, 0.5) is 0 Å². The van der Waals surface area contributed by atoms with Gasteiger partial charge in [-0.25, -0.2) is 0 Å². The van der Waals surface area contributed by atoms with E-state index >= 15 is 0 Å². The Bertz CT molecular complexity index is 1430. The highest BCUT2D eigenvalue weighted by Crippen LogP contribution is 2.70. The Kier molecular flexibility index (Phi) is 8.57. The van der Waals surface area contributed by atoms with Crippen molar-refractivity contribution in [3.8, 4) is 0 Å². The molecule has 0 N–H and O–H groups in total. The minimum absolute atomic E-state index is 0.737. The average molecular weight is 641 g/mol. The summed E-state index contributed by atoms with van der Waals surface area (Å²) in [5.41, 5.74) is 0. The van der Waals surface area contributed by atoms with E-state index in [9.17, 15) is 0 Å². The van der Waals surface area contributed by atoms with Crippen LogP contribution in [-0.4, -0.2) is 0 Å². The van der Waals surface area contributed by atoms with Gasteiger partial charge in [-0.2, -0.15) is 0 Å². The van der Waals surface area contributed by atoms with Gasteiger partial charge in [-0.05, 0) is 197 Å². The van der Waals surface area contributed by atoms with E-state index in [1.165, 1.54) is 51.4 Å². The van der Waals surface area contributed by atoms with Gasteiger partial charge in [-0.3, -0.25) is 0 Å². The van der Waals surface area contributed by atoms with Crippen molar-refractivity contribution in [3.05, 3.63) is 97.2 Å². The number of allylic oxidation sites excluding steroid dienone is 16. The predicted octanol–water partition coefficient (Wildman–Crippen LogP) is 12.1. The summed E-state index contributed by atoms with van der Waals surface area (Å²) in [7, 11) is 0. The van der Waals surface area contributed by atoms with Gasteiger partial charge in [-0.15, -0.1) is 0 Å². The molecule has 9 aliphatic carbocycles. The van der Waals surface area contributed by atoms with Crippen molar-refractivity contribution in [1.82, 2.24) is 0 Å². The molecule has 0 radical (unpaired) electrons. The lowest BCUT2D eigenvalue weighted by Gasteiger charge is -2.40. The third-order valence-corrected chi connectivity index (χ3v) is 16.9. The Morgan fingerprint density at radius 3 is 1.69 bits per heavy atom. The average Bonchev–Trinajstić information content (AvgIpc) is 3.91. The van der Waals surface area contributed by atoms with Gasteiger partial charge in [0, 0.05) is 0 Å². The summed E-state index contributed by atoms with van der Waals surface area (Å²) in [6.45, 7) is 8.99. The Balaban J connectivity index is 0.999. The van der Waals surface area contributed by atoms with Crippen molar-refractivity contribution in [3.63, 3.8) is 0 Å². The summed E-state index contributed by atoms with van der Waals surface area (Å²) in [5.74, 6) is 17.2. The van der Waals surface area contributed by atoms with Crippen molar-refractivity contribution in [2.45, 2.75) is 79.1 Å². The standard InChI is InChI=1S/C48H64/c1-5-9-15-38-37(14-8-4)41-27-42(38)48-34(26-32(46(41)48)21-20-30-24-29(12-6-2)35-16-10-17-36(30)35)23-22-33-25-31(13-7-3)45-43-28-44(47(33)45)40-19-11-18-39(40)43/h5-14,17-18,20-23,29-48H,15-16,19,24-28H2,1-4H3/b9-5?,12-6?,13-7?,14-8?,21-20+,23-22+. The summed E-state index contributed by atoms with van der Waals surface area (Å²) < 4.78 is 0. The van der Waals surface area contributed by atoms with E-state index in [2.05, 4.69) is 125 Å². The molecule has 9 aliphatic rings. The lowest BCUT2D eigenvalue weighted by atomic mass is 9.65. The zero-order valence-electron chi connectivity index (χ0n) is 30.4. The van der Waals surface area contributed by atoms with E-state index in [1.54, 1.807) is 0 Å². The molecule has 9 rings (SSSR count). The second kappa shape index (κ2) is 12.9. The van der Waals surface area contributed by atoms with Crippen LogP contribution in [0, 0.1) is 118 Å². The van der Waals surface area contributed by atoms with Crippen molar-refractivity contribution in [2.75, 3.05) is 0 Å². The monoisotopic (exact) mass is 641 g/mol. The maximum absolute atomic E-state index is 2.88. The van der Waals surface area contributed by atoms with Gasteiger partial charge in [0.05, 0.1) is 0 Å². The molecule has 256 valence electrons. The number of fused-ring (bicyclic) bond motifs is 14. The fourth-order valence-electron chi connectivity index (χ4n) is 15.7. The zero-order chi connectivity index (χ0) is 32.5. The third-order valence-electron chi connectivity index (χ3n) is 16.9. The second-order valence-electron chi connectivity index (χ2n) is 18.3. The quantitative estimate of drug-likeness (QED) is 0.220. The molecule has 0 heteroatoms. The van der Waals surface area contributed by atoms with Crippen LogP contribution in [0.5, 0.6) is 0 Å². The van der Waals surface area contributed by atoms with E-state index in [0.717, 1.165) is 118 Å². The predicted molar refractivity (Wildman–Crippen MR) is 203 cm³/mol. The SMILES string of the molecule is CC=CCC1C(C=CC)C2CC1C1C(/C=C/C3CC(C=CC)C4C5CC(C6CC=CC65)C34)CC(/C=C/C3CC(C=CC)C4CC=CC34)C21. The number of hydrogen-bond donors (Lipinski definition) is 0. The Morgan fingerprint density at radius 2 is 0.979 bits per heavy atom. The normalized spacial score (nSPS) is 54.3. The highest BCUT2D eigenvalue weighted by Gasteiger charge is 2.64. The van der Waals surface area contributed by atoms with Gasteiger partial charge in [0.15, 0.2) is 0 Å². The van der Waals surface area contributed by atoms with Gasteiger partial charge < -0.3 is 0 Å². The molecule has 0 saturated heterocycles. The van der Waals surface area contributed by atoms with Crippen LogP contribution in [0.3, 0.4) is 0 Å². The zero-order valence-corrected chi connectivity index (χ0v) is 30.4. The topological polar surface area (TPSA) is 0 Å². The fourth-order valence-corrected chi connectivity index (χ4v) is 15.7. The third kappa shape index (κ3) is 4.87. The van der Waals surface area contributed by atoms with Crippen LogP contribution in [0.1, 0.15) is 79.1 Å². The summed E-state index contributed by atoms with van der Waals surface area (Å²) >= 11 is 0. The van der Waals surface area contributed by atoms with E-state index < -0.39 is 0 Å². The van der Waals surface area contributed by atoms with Gasteiger partial charge in [-0.1, -0.05) is 97.2 Å². The van der Waals surface area contributed by atoms with Gasteiger partial charge in [0.1, 0.15) is 0 Å². The molecule has 7 fully saturated rings. The van der Waals surface area contributed by atoms with Gasteiger partial charge >= 0.3 is 0 Å². The summed E-state index contributed by atoms with van der Waals surface area (Å²) in [6, 6.07) is 0. The first kappa shape index (κ1) is 31.9. The number of hydrogen-bond acceptors (Lipinski definition) is 0. The van der Waals surface area contributed by atoms with Crippen LogP contribution in [0.15, 0.2) is 97.2 Å². The van der Waals surface area contributed by atoms with Crippen molar-refractivity contribution >= 4 is 0 Å². The maximum atomic E-state index is 2.88. The summed E-state index contributed by atoms with van der Waals surface area (Å²) in [5, 5.41) is 0. The van der Waals surface area contributed by atoms with Crippen molar-refractivity contribution < 1.29 is 0 Å². The van der Waals surface area contributed by atoms with Gasteiger partial charge in [0.2, 0.25) is 0 Å². The summed E-state index contributed by atoms with van der Waals surface area (Å²) in [6.07, 6.45) is 52.5. The van der Waals surface area contributed by atoms with Crippen LogP contribution >= 0.6 is 0 Å². The smallest absolute Gasteiger partial charge is 0.0133 e.